The van der Waals surface area contributed by atoms with Crippen molar-refractivity contribution >= 4 is 138 Å². The third-order valence-corrected chi connectivity index (χ3v) is 26.2. The molecule has 12 aromatic heterocycles. The molecule has 0 amide bonds. The molecule has 0 unspecified atom stereocenters. The van der Waals surface area contributed by atoms with Crippen molar-refractivity contribution in [3.63, 3.8) is 0 Å². The van der Waals surface area contributed by atoms with Crippen LogP contribution in [0.15, 0.2) is 87.9 Å². The van der Waals surface area contributed by atoms with E-state index in [1.165, 1.54) is 110 Å². The first-order valence-electron chi connectivity index (χ1n) is 44.7. The van der Waals surface area contributed by atoms with Crippen molar-refractivity contribution in [2.45, 2.75) is 446 Å². The Bertz CT molecular complexity index is 3720. The molecule has 127 heavy (non-hydrogen) atoms. The van der Waals surface area contributed by atoms with Crippen LogP contribution >= 0.6 is 138 Å². The molecule has 0 N–H and O–H groups in total. The first kappa shape index (κ1) is 135. The second kappa shape index (κ2) is 67.5. The molecule has 12 aromatic rings. The predicted octanol–water partition coefficient (Wildman–Crippen LogP) is 35.6. The Morgan fingerprint density at radius 3 is 0.969 bits per heavy atom. The maximum atomic E-state index is 4.29. The number of hydrogen-bond acceptors (Lipinski definition) is 28. The Labute approximate surface area is 828 Å². The first-order valence-corrected chi connectivity index (χ1v) is 54.5. The molecule has 0 bridgehead atoms. The van der Waals surface area contributed by atoms with Gasteiger partial charge in [0.1, 0.15) is 31.7 Å². The van der Waals surface area contributed by atoms with Gasteiger partial charge in [-0.3, -0.25) is 4.98 Å². The largest absolute Gasteiger partial charge is 0.253 e. The molecule has 12 heterocycles. The zero-order chi connectivity index (χ0) is 101. The smallest absolute Gasteiger partial charge is 0.147 e. The summed E-state index contributed by atoms with van der Waals surface area (Å²) >= 11 is 19.0. The van der Waals surface area contributed by atoms with Crippen molar-refractivity contribution in [1.29, 1.82) is 0 Å². The van der Waals surface area contributed by atoms with E-state index in [2.05, 4.69) is 367 Å². The molecule has 0 aliphatic carbocycles. The minimum Gasteiger partial charge on any atom is -0.253 e. The summed E-state index contributed by atoms with van der Waals surface area (Å²) in [4.78, 5) is 27.7. The zero-order valence-electron chi connectivity index (χ0n) is 90.2. The molecule has 0 atom stereocenters. The number of hydrogen-bond donors (Lipinski definition) is 0. The number of aromatic nitrogens is 16. The molecule has 12 rings (SSSR count). The van der Waals surface area contributed by atoms with Crippen molar-refractivity contribution in [1.82, 2.24) is 75.3 Å². The van der Waals surface area contributed by atoms with Gasteiger partial charge in [0.25, 0.3) is 0 Å². The summed E-state index contributed by atoms with van der Waals surface area (Å²) in [7, 11) is 0. The van der Waals surface area contributed by atoms with Crippen molar-refractivity contribution in [3.05, 3.63) is 177 Å². The van der Waals surface area contributed by atoms with Gasteiger partial charge in [-0.05, 0) is 183 Å². The Balaban J connectivity index is -0.000000244. The second-order valence-corrected chi connectivity index (χ2v) is 49.2. The van der Waals surface area contributed by atoms with E-state index in [9.17, 15) is 0 Å². The van der Waals surface area contributed by atoms with Crippen LogP contribution < -0.4 is 0 Å². The fourth-order valence-electron chi connectivity index (χ4n) is 7.88. The van der Waals surface area contributed by atoms with Crippen molar-refractivity contribution in [3.8, 4) is 0 Å². The van der Waals surface area contributed by atoms with E-state index in [0.717, 1.165) is 37.4 Å². The number of thiazole rings is 3. The van der Waals surface area contributed by atoms with Crippen molar-refractivity contribution in [2.75, 3.05) is 0 Å². The quantitative estimate of drug-likeness (QED) is 0.138. The molecule has 28 heteroatoms. The second-order valence-electron chi connectivity index (χ2n) is 39.1. The molecule has 16 nitrogen and oxygen atoms in total. The predicted molar refractivity (Wildman–Crippen MR) is 584 cm³/mol. The van der Waals surface area contributed by atoms with E-state index in [4.69, 9.17) is 0 Å². The molecule has 0 radical (unpaired) electrons. The summed E-state index contributed by atoms with van der Waals surface area (Å²) in [5, 5.41) is 25.8. The van der Waals surface area contributed by atoms with Crippen LogP contribution in [0.2, 0.25) is 0 Å². The van der Waals surface area contributed by atoms with E-state index < -0.39 is 0 Å². The third kappa shape index (κ3) is 64.7. The molecule has 728 valence electrons. The maximum absolute atomic E-state index is 4.29. The van der Waals surface area contributed by atoms with E-state index >= 15 is 0 Å². The molecule has 0 saturated heterocycles. The number of nitrogens with zero attached hydrogens (tertiary/aromatic N) is 16. The van der Waals surface area contributed by atoms with Gasteiger partial charge in [-0.15, -0.1) is 60.6 Å². The third-order valence-electron chi connectivity index (χ3n) is 14.6. The van der Waals surface area contributed by atoms with Crippen LogP contribution in [-0.2, 0) is 65.0 Å². The summed E-state index contributed by atoms with van der Waals surface area (Å²) in [5.41, 5.74) is 12.5. The molecular weight excluding hydrogens is 1800 g/mol. The standard InChI is InChI=1S/C8H13NS.4C7H12N2S.7C7H11NS.7C2H6/c1-6-5-9-10-7(6)8(2,3)4;1-5-8-9-6(10-5)7(2,3)4;1-5-8-6(9-10-5)7(2,3)4;1-5-8-6(10-9-5)7(2,3)4;1-5-6(7(2,3)4)8-9-10-5;1-7(2,3)6-4-9-5-8-6;1-7(2,3)6-4-8-5-9-6;1-7(2,3)6-4-8-9-5-6;1-7(2,3)6-8-4-5-9-6;1-7(2,3)6-4-5-9-8-6;2*1-7(2,3)6-4-5-8-9-6;7*1-2/h5H,1-4H3;4*1-4H3;7*4-5H,1-3H3;7*1-2H3. The van der Waals surface area contributed by atoms with Crippen LogP contribution in [0.3, 0.4) is 0 Å². The fourth-order valence-corrected chi connectivity index (χ4v) is 16.4. The lowest BCUT2D eigenvalue weighted by molar-refractivity contribution is 0.553. The Morgan fingerprint density at radius 1 is 0.307 bits per heavy atom. The van der Waals surface area contributed by atoms with Gasteiger partial charge in [-0.2, -0.15) is 13.1 Å². The molecule has 0 aliphatic heterocycles. The highest BCUT2D eigenvalue weighted by atomic mass is 32.1. The monoisotopic (exact) mass is 1980 g/mol. The molecule has 0 saturated carbocycles. The molecule has 0 aromatic carbocycles. The normalized spacial score (nSPS) is 11.0. The van der Waals surface area contributed by atoms with Crippen molar-refractivity contribution in [2.24, 2.45) is 0 Å². The number of aryl methyl sites for hydroxylation is 5. The van der Waals surface area contributed by atoms with Crippen LogP contribution in [-0.4, -0.2) is 75.3 Å². The van der Waals surface area contributed by atoms with Crippen LogP contribution in [0.1, 0.15) is 435 Å². The van der Waals surface area contributed by atoms with Crippen LogP contribution in [0, 0.1) is 34.6 Å². The summed E-state index contributed by atoms with van der Waals surface area (Å²) < 4.78 is 32.7. The minimum atomic E-state index is 0.102. The van der Waals surface area contributed by atoms with Gasteiger partial charge >= 0.3 is 0 Å². The summed E-state index contributed by atoms with van der Waals surface area (Å²) in [6, 6.07) is 6.22. The fraction of sp³-hybridized carbons (Fsp3) is 0.677. The van der Waals surface area contributed by atoms with Crippen molar-refractivity contribution < 1.29 is 0 Å². The number of rotatable bonds is 0. The van der Waals surface area contributed by atoms with Gasteiger partial charge in [0.05, 0.1) is 33.1 Å². The lowest BCUT2D eigenvalue weighted by Gasteiger charge is -2.16. The van der Waals surface area contributed by atoms with E-state index in [1.807, 2.05) is 177 Å². The highest BCUT2D eigenvalue weighted by Crippen LogP contribution is 2.32. The highest BCUT2D eigenvalue weighted by molar-refractivity contribution is 7.11. The van der Waals surface area contributed by atoms with Gasteiger partial charge in [0.15, 0.2) is 0 Å². The van der Waals surface area contributed by atoms with E-state index in [-0.39, 0.29) is 65.0 Å². The van der Waals surface area contributed by atoms with Gasteiger partial charge in [0, 0.05) is 121 Å². The SMILES string of the molecule is CC.CC.CC.CC.CC.CC.CC.CC(C)(C)c1ccns1.CC(C)(C)c1ccns1.CC(C)(C)c1ccsn1.CC(C)(C)c1cncs1.CC(C)(C)c1cnsc1.CC(C)(C)c1cscn1.CC(C)(C)c1nccs1.Cc1cnsc1C(C)(C)C.Cc1nc(C(C)(C)C)ns1.Cc1nnc(C(C)(C)C)s1.Cc1nsc(C(C)(C)C)n1.Cc1snnc1C(C)(C)C. The van der Waals surface area contributed by atoms with Crippen LogP contribution in [0.5, 0.6) is 0 Å². The molecule has 0 spiro atoms. The minimum absolute atomic E-state index is 0.102. The van der Waals surface area contributed by atoms with Gasteiger partial charge in [0.2, 0.25) is 0 Å². The molecular formula is C99H180N16S12. The first-order chi connectivity index (χ1) is 58.3. The average Bonchev–Trinajstić information content (AvgIpc) is 1.72. The van der Waals surface area contributed by atoms with Crippen LogP contribution in [0.25, 0.3) is 0 Å². The summed E-state index contributed by atoms with van der Waals surface area (Å²) in [6.07, 6.45) is 11.4. The van der Waals surface area contributed by atoms with Gasteiger partial charge in [-0.1, -0.05) is 351 Å². The molecule has 0 fully saturated rings. The lowest BCUT2D eigenvalue weighted by Crippen LogP contribution is -2.12. The van der Waals surface area contributed by atoms with E-state index in [1.54, 1.807) is 79.9 Å². The lowest BCUT2D eigenvalue weighted by atomic mass is 9.90. The molecule has 0 aliphatic rings. The maximum Gasteiger partial charge on any atom is 0.147 e. The summed E-state index contributed by atoms with van der Waals surface area (Å²) in [6.45, 7) is 116. The topological polar surface area (TPSA) is 206 Å². The summed E-state index contributed by atoms with van der Waals surface area (Å²) in [5.74, 6) is 1.84. The van der Waals surface area contributed by atoms with Gasteiger partial charge < -0.3 is 0 Å². The Kier molecular flexibility index (Phi) is 71.9. The zero-order valence-corrected chi connectivity index (χ0v) is 100. The average molecular weight is 1980 g/mol. The van der Waals surface area contributed by atoms with E-state index in [0.29, 0.717) is 0 Å². The Morgan fingerprint density at radius 2 is 0.795 bits per heavy atom. The highest BCUT2D eigenvalue weighted by Gasteiger charge is 2.24. The Hall–Kier alpha value is -4.72. The van der Waals surface area contributed by atoms with Gasteiger partial charge in [-0.25, -0.2) is 37.4 Å². The van der Waals surface area contributed by atoms with Crippen LogP contribution in [0.4, 0.5) is 0 Å².